The van der Waals surface area contributed by atoms with Crippen LogP contribution in [0.2, 0.25) is 5.02 Å². The Morgan fingerprint density at radius 2 is 2.15 bits per heavy atom. The smallest absolute Gasteiger partial charge is 0.191 e. The Labute approximate surface area is 127 Å². The van der Waals surface area contributed by atoms with Crippen molar-refractivity contribution < 1.29 is 0 Å². The summed E-state index contributed by atoms with van der Waals surface area (Å²) in [6.07, 6.45) is 3.30. The zero-order chi connectivity index (χ0) is 14.4. The fourth-order valence-corrected chi connectivity index (χ4v) is 1.84. The fourth-order valence-electron chi connectivity index (χ4n) is 1.50. The van der Waals surface area contributed by atoms with E-state index in [-0.39, 0.29) is 0 Å². The molecule has 2 rings (SSSR count). The van der Waals surface area contributed by atoms with E-state index in [1.807, 2.05) is 43.3 Å². The molecule has 0 bridgehead atoms. The average molecular weight is 305 g/mol. The van der Waals surface area contributed by atoms with Crippen molar-refractivity contribution in [3.05, 3.63) is 58.9 Å². The molecular formula is C14H13ClN4S. The molecular weight excluding hydrogens is 292 g/mol. The van der Waals surface area contributed by atoms with Crippen molar-refractivity contribution in [3.63, 3.8) is 0 Å². The summed E-state index contributed by atoms with van der Waals surface area (Å²) in [7, 11) is 0. The standard InChI is InChI=1S/C14H13ClN4S/c1-10-12(15)6-4-7-13(10)18-14(20)19-17-9-11-5-2-3-8-16-11/h2-9H,1H3,(H2,18,19,20)/b17-9-. The van der Waals surface area contributed by atoms with Crippen LogP contribution in [0.5, 0.6) is 0 Å². The molecule has 1 aromatic heterocycles. The van der Waals surface area contributed by atoms with Gasteiger partial charge in [0.2, 0.25) is 0 Å². The Bertz CT molecular complexity index is 628. The highest BCUT2D eigenvalue weighted by atomic mass is 35.5. The van der Waals surface area contributed by atoms with Gasteiger partial charge >= 0.3 is 0 Å². The SMILES string of the molecule is Cc1c(Cl)cccc1NC(=S)N/N=C\c1ccccn1. The van der Waals surface area contributed by atoms with Crippen LogP contribution >= 0.6 is 23.8 Å². The van der Waals surface area contributed by atoms with E-state index >= 15 is 0 Å². The monoisotopic (exact) mass is 304 g/mol. The first-order valence-corrected chi connectivity index (χ1v) is 6.71. The van der Waals surface area contributed by atoms with Gasteiger partial charge in [0.15, 0.2) is 5.11 Å². The number of hydrogen-bond acceptors (Lipinski definition) is 3. The topological polar surface area (TPSA) is 49.3 Å². The number of benzene rings is 1. The van der Waals surface area contributed by atoms with Gasteiger partial charge in [-0.1, -0.05) is 23.7 Å². The molecule has 2 N–H and O–H groups in total. The highest BCUT2D eigenvalue weighted by Crippen LogP contribution is 2.22. The van der Waals surface area contributed by atoms with Crippen LogP contribution in [0.4, 0.5) is 5.69 Å². The van der Waals surface area contributed by atoms with E-state index < -0.39 is 0 Å². The molecule has 0 atom stereocenters. The third-order valence-corrected chi connectivity index (χ3v) is 3.17. The minimum absolute atomic E-state index is 0.391. The predicted molar refractivity (Wildman–Crippen MR) is 87.4 cm³/mol. The number of anilines is 1. The largest absolute Gasteiger partial charge is 0.331 e. The van der Waals surface area contributed by atoms with Crippen LogP contribution in [-0.4, -0.2) is 16.3 Å². The summed E-state index contributed by atoms with van der Waals surface area (Å²) in [5.74, 6) is 0. The first kappa shape index (κ1) is 14.4. The lowest BCUT2D eigenvalue weighted by Gasteiger charge is -2.10. The Hall–Kier alpha value is -1.98. The van der Waals surface area contributed by atoms with Crippen molar-refractivity contribution >= 4 is 40.8 Å². The molecule has 0 aliphatic rings. The molecule has 6 heteroatoms. The number of nitrogens with zero attached hydrogens (tertiary/aromatic N) is 2. The van der Waals surface area contributed by atoms with E-state index in [9.17, 15) is 0 Å². The molecule has 0 radical (unpaired) electrons. The van der Waals surface area contributed by atoms with Crippen molar-refractivity contribution in [2.75, 3.05) is 5.32 Å². The van der Waals surface area contributed by atoms with Crippen molar-refractivity contribution in [2.45, 2.75) is 6.92 Å². The van der Waals surface area contributed by atoms with Crippen LogP contribution in [0.25, 0.3) is 0 Å². The Morgan fingerprint density at radius 3 is 2.90 bits per heavy atom. The highest BCUT2D eigenvalue weighted by Gasteiger charge is 2.03. The van der Waals surface area contributed by atoms with Crippen LogP contribution in [0.1, 0.15) is 11.3 Å². The third kappa shape index (κ3) is 4.01. The summed E-state index contributed by atoms with van der Waals surface area (Å²) < 4.78 is 0. The van der Waals surface area contributed by atoms with Crippen molar-refractivity contribution in [3.8, 4) is 0 Å². The Kier molecular flexibility index (Phi) is 5.03. The zero-order valence-corrected chi connectivity index (χ0v) is 12.4. The molecule has 4 nitrogen and oxygen atoms in total. The van der Waals surface area contributed by atoms with Gasteiger partial charge in [0, 0.05) is 16.9 Å². The van der Waals surface area contributed by atoms with Crippen LogP contribution in [0.15, 0.2) is 47.7 Å². The number of pyridine rings is 1. The summed E-state index contributed by atoms with van der Waals surface area (Å²) >= 11 is 11.2. The quantitative estimate of drug-likeness (QED) is 0.518. The molecule has 0 saturated heterocycles. The first-order valence-electron chi connectivity index (χ1n) is 5.93. The maximum Gasteiger partial charge on any atom is 0.191 e. The molecule has 0 saturated carbocycles. The number of hydrazone groups is 1. The number of rotatable bonds is 3. The van der Waals surface area contributed by atoms with E-state index in [0.717, 1.165) is 16.9 Å². The lowest BCUT2D eigenvalue weighted by atomic mass is 10.2. The molecule has 2 aromatic rings. The predicted octanol–water partition coefficient (Wildman–Crippen LogP) is 3.36. The molecule has 20 heavy (non-hydrogen) atoms. The second kappa shape index (κ2) is 6.98. The van der Waals surface area contributed by atoms with Gasteiger partial charge in [-0.05, 0) is 49.0 Å². The van der Waals surface area contributed by atoms with Gasteiger partial charge in [-0.15, -0.1) is 0 Å². The molecule has 0 aliphatic heterocycles. The van der Waals surface area contributed by atoms with Gasteiger partial charge in [-0.2, -0.15) is 5.10 Å². The number of hydrogen-bond donors (Lipinski definition) is 2. The summed E-state index contributed by atoms with van der Waals surface area (Å²) in [4.78, 5) is 4.11. The summed E-state index contributed by atoms with van der Waals surface area (Å²) in [5, 5.41) is 8.14. The molecule has 0 fully saturated rings. The average Bonchev–Trinajstić information content (AvgIpc) is 2.45. The fraction of sp³-hybridized carbons (Fsp3) is 0.0714. The van der Waals surface area contributed by atoms with Crippen molar-refractivity contribution in [2.24, 2.45) is 5.10 Å². The summed E-state index contributed by atoms with van der Waals surface area (Å²) in [6.45, 7) is 1.92. The molecule has 0 aliphatic carbocycles. The van der Waals surface area contributed by atoms with Gasteiger partial charge in [0.05, 0.1) is 11.9 Å². The summed E-state index contributed by atoms with van der Waals surface area (Å²) in [5.41, 5.74) is 5.27. The van der Waals surface area contributed by atoms with E-state index in [4.69, 9.17) is 23.8 Å². The van der Waals surface area contributed by atoms with Gasteiger partial charge in [-0.25, -0.2) is 0 Å². The molecule has 0 unspecified atom stereocenters. The van der Waals surface area contributed by atoms with Gasteiger partial charge in [-0.3, -0.25) is 10.4 Å². The Balaban J connectivity index is 1.93. The second-order valence-electron chi connectivity index (χ2n) is 3.99. The van der Waals surface area contributed by atoms with Crippen LogP contribution in [0, 0.1) is 6.92 Å². The molecule has 1 aromatic carbocycles. The van der Waals surface area contributed by atoms with E-state index in [2.05, 4.69) is 20.8 Å². The van der Waals surface area contributed by atoms with Crippen molar-refractivity contribution in [1.82, 2.24) is 10.4 Å². The molecule has 1 heterocycles. The molecule has 0 spiro atoms. The maximum atomic E-state index is 6.04. The highest BCUT2D eigenvalue weighted by molar-refractivity contribution is 7.80. The number of halogens is 1. The van der Waals surface area contributed by atoms with E-state index in [0.29, 0.717) is 10.1 Å². The van der Waals surface area contributed by atoms with Crippen LogP contribution in [0.3, 0.4) is 0 Å². The maximum absolute atomic E-state index is 6.04. The first-order chi connectivity index (χ1) is 9.66. The Morgan fingerprint density at radius 1 is 1.30 bits per heavy atom. The van der Waals surface area contributed by atoms with E-state index in [1.165, 1.54) is 0 Å². The minimum atomic E-state index is 0.391. The van der Waals surface area contributed by atoms with Gasteiger partial charge in [0.25, 0.3) is 0 Å². The van der Waals surface area contributed by atoms with Crippen molar-refractivity contribution in [1.29, 1.82) is 0 Å². The van der Waals surface area contributed by atoms with Gasteiger partial charge < -0.3 is 5.32 Å². The third-order valence-electron chi connectivity index (χ3n) is 2.57. The number of nitrogens with one attached hydrogen (secondary N) is 2. The summed E-state index contributed by atoms with van der Waals surface area (Å²) in [6, 6.07) is 11.2. The molecule has 0 amide bonds. The number of aromatic nitrogens is 1. The molecule has 102 valence electrons. The zero-order valence-electron chi connectivity index (χ0n) is 10.8. The van der Waals surface area contributed by atoms with Crippen LogP contribution < -0.4 is 10.7 Å². The minimum Gasteiger partial charge on any atom is -0.331 e. The normalized spacial score (nSPS) is 10.5. The number of thiocarbonyl (C=S) groups is 1. The lowest BCUT2D eigenvalue weighted by Crippen LogP contribution is -2.24. The van der Waals surface area contributed by atoms with Crippen LogP contribution in [-0.2, 0) is 0 Å². The van der Waals surface area contributed by atoms with E-state index in [1.54, 1.807) is 12.4 Å². The van der Waals surface area contributed by atoms with Gasteiger partial charge in [0.1, 0.15) is 0 Å². The second-order valence-corrected chi connectivity index (χ2v) is 4.81. The lowest BCUT2D eigenvalue weighted by molar-refractivity contribution is 1.05.